The van der Waals surface area contributed by atoms with E-state index in [1.54, 1.807) is 0 Å². The third kappa shape index (κ3) is 7.52. The molecule has 0 N–H and O–H groups in total. The number of hydrogen-bond acceptors (Lipinski definition) is 2. The van der Waals surface area contributed by atoms with Crippen LogP contribution in [0.4, 0.5) is 0 Å². The average Bonchev–Trinajstić information content (AvgIpc) is 2.57. The molecular weight excluding hydrogens is 224 g/mol. The Morgan fingerprint density at radius 1 is 1.17 bits per heavy atom. The summed E-state index contributed by atoms with van der Waals surface area (Å²) in [4.78, 5) is 11.3. The zero-order valence-corrected chi connectivity index (χ0v) is 11.8. The van der Waals surface area contributed by atoms with Crippen LogP contribution in [-0.4, -0.2) is 12.1 Å². The van der Waals surface area contributed by atoms with E-state index in [9.17, 15) is 4.79 Å². The predicted octanol–water partition coefficient (Wildman–Crippen LogP) is 4.78. The van der Waals surface area contributed by atoms with Crippen LogP contribution < -0.4 is 0 Å². The van der Waals surface area contributed by atoms with E-state index >= 15 is 0 Å². The minimum Gasteiger partial charge on any atom is -0.462 e. The number of hydrogen-bond donors (Lipinski definition) is 0. The van der Waals surface area contributed by atoms with Crippen LogP contribution in [0.2, 0.25) is 0 Å². The monoisotopic (exact) mass is 252 g/mol. The fourth-order valence-electron chi connectivity index (χ4n) is 2.36. The van der Waals surface area contributed by atoms with Crippen LogP contribution in [0.5, 0.6) is 0 Å². The summed E-state index contributed by atoms with van der Waals surface area (Å²) in [7, 11) is 0. The van der Waals surface area contributed by atoms with Gasteiger partial charge in [0.25, 0.3) is 0 Å². The van der Waals surface area contributed by atoms with Crippen molar-refractivity contribution in [3.8, 4) is 0 Å². The van der Waals surface area contributed by atoms with E-state index in [0.717, 1.165) is 32.1 Å². The van der Waals surface area contributed by atoms with Gasteiger partial charge in [-0.2, -0.15) is 0 Å². The van der Waals surface area contributed by atoms with E-state index in [1.165, 1.54) is 32.1 Å². The Labute approximate surface area is 112 Å². The van der Waals surface area contributed by atoms with Gasteiger partial charge in [0.1, 0.15) is 6.10 Å². The Morgan fingerprint density at radius 3 is 2.83 bits per heavy atom. The maximum Gasteiger partial charge on any atom is 0.306 e. The normalized spacial score (nSPS) is 20.9. The van der Waals surface area contributed by atoms with Crippen molar-refractivity contribution in [1.82, 2.24) is 0 Å². The maximum atomic E-state index is 11.3. The zero-order chi connectivity index (χ0) is 13.1. The summed E-state index contributed by atoms with van der Waals surface area (Å²) in [5.74, 6) is 0.000968. The van der Waals surface area contributed by atoms with Crippen molar-refractivity contribution in [3.05, 3.63) is 12.2 Å². The molecule has 0 aromatic carbocycles. The van der Waals surface area contributed by atoms with Gasteiger partial charge in [-0.25, -0.2) is 0 Å². The Morgan fingerprint density at radius 2 is 2.00 bits per heavy atom. The van der Waals surface area contributed by atoms with E-state index in [4.69, 9.17) is 4.74 Å². The highest BCUT2D eigenvalue weighted by atomic mass is 16.5. The molecule has 104 valence electrons. The first-order valence-corrected chi connectivity index (χ1v) is 7.67. The number of esters is 1. The Bertz CT molecular complexity index is 245. The molecule has 0 aliphatic carbocycles. The molecule has 0 radical (unpaired) electrons. The molecule has 0 aromatic rings. The minimum atomic E-state index is 0.000968. The molecule has 1 fully saturated rings. The third-order valence-corrected chi connectivity index (χ3v) is 3.50. The standard InChI is InChI=1S/C16H28O2/c1-2-3-4-5-6-7-8-9-12-15-13-10-11-14-16(17)18-15/h7-8,15H,2-6,9-14H2,1H3. The number of carbonyl (C=O) groups excluding carboxylic acids is 1. The third-order valence-electron chi connectivity index (χ3n) is 3.50. The molecule has 18 heavy (non-hydrogen) atoms. The molecule has 0 aromatic heterocycles. The van der Waals surface area contributed by atoms with Gasteiger partial charge in [-0.1, -0.05) is 38.3 Å². The zero-order valence-electron chi connectivity index (χ0n) is 11.8. The lowest BCUT2D eigenvalue weighted by Gasteiger charge is -2.13. The Balaban J connectivity index is 2.02. The van der Waals surface area contributed by atoms with Crippen LogP contribution in [0.15, 0.2) is 12.2 Å². The van der Waals surface area contributed by atoms with E-state index < -0.39 is 0 Å². The van der Waals surface area contributed by atoms with Crippen molar-refractivity contribution in [3.63, 3.8) is 0 Å². The second-order valence-corrected chi connectivity index (χ2v) is 5.26. The highest BCUT2D eigenvalue weighted by Crippen LogP contribution is 2.18. The van der Waals surface area contributed by atoms with Gasteiger partial charge in [-0.15, -0.1) is 0 Å². The molecule has 1 unspecified atom stereocenters. The predicted molar refractivity (Wildman–Crippen MR) is 75.5 cm³/mol. The van der Waals surface area contributed by atoms with Crippen molar-refractivity contribution in [2.45, 2.75) is 83.7 Å². The number of rotatable bonds is 8. The quantitative estimate of drug-likeness (QED) is 0.353. The molecule has 2 heteroatoms. The first kappa shape index (κ1) is 15.3. The first-order chi connectivity index (χ1) is 8.83. The summed E-state index contributed by atoms with van der Waals surface area (Å²) >= 11 is 0. The molecule has 0 spiro atoms. The fourth-order valence-corrected chi connectivity index (χ4v) is 2.36. The van der Waals surface area contributed by atoms with Crippen molar-refractivity contribution in [2.75, 3.05) is 0 Å². The summed E-state index contributed by atoms with van der Waals surface area (Å²) < 4.78 is 5.40. The molecule has 1 heterocycles. The van der Waals surface area contributed by atoms with Gasteiger partial charge in [0.2, 0.25) is 0 Å². The lowest BCUT2D eigenvalue weighted by molar-refractivity contribution is -0.148. The second kappa shape index (κ2) is 10.2. The van der Waals surface area contributed by atoms with Crippen LogP contribution >= 0.6 is 0 Å². The molecular formula is C16H28O2. The van der Waals surface area contributed by atoms with E-state index in [1.807, 2.05) is 0 Å². The van der Waals surface area contributed by atoms with Gasteiger partial charge in [-0.05, 0) is 44.9 Å². The van der Waals surface area contributed by atoms with Crippen LogP contribution in [0.25, 0.3) is 0 Å². The van der Waals surface area contributed by atoms with E-state index in [-0.39, 0.29) is 12.1 Å². The van der Waals surface area contributed by atoms with Gasteiger partial charge in [-0.3, -0.25) is 4.79 Å². The molecule has 1 aliphatic heterocycles. The fraction of sp³-hybridized carbons (Fsp3) is 0.812. The molecule has 0 bridgehead atoms. The maximum absolute atomic E-state index is 11.3. The number of cyclic esters (lactones) is 1. The summed E-state index contributed by atoms with van der Waals surface area (Å²) in [5.41, 5.74) is 0. The SMILES string of the molecule is CCCCCCC=CCCC1CCCCC(=O)O1. The number of carbonyl (C=O) groups is 1. The number of ether oxygens (including phenoxy) is 1. The Kier molecular flexibility index (Phi) is 8.62. The molecule has 0 saturated carbocycles. The first-order valence-electron chi connectivity index (χ1n) is 7.67. The van der Waals surface area contributed by atoms with Gasteiger partial charge in [0.05, 0.1) is 0 Å². The van der Waals surface area contributed by atoms with Crippen molar-refractivity contribution in [1.29, 1.82) is 0 Å². The van der Waals surface area contributed by atoms with Crippen LogP contribution in [-0.2, 0) is 9.53 Å². The minimum absolute atomic E-state index is 0.000968. The molecule has 2 nitrogen and oxygen atoms in total. The van der Waals surface area contributed by atoms with Crippen molar-refractivity contribution in [2.24, 2.45) is 0 Å². The van der Waals surface area contributed by atoms with Crippen LogP contribution in [0, 0.1) is 0 Å². The van der Waals surface area contributed by atoms with Crippen molar-refractivity contribution < 1.29 is 9.53 Å². The van der Waals surface area contributed by atoms with Crippen LogP contribution in [0.3, 0.4) is 0 Å². The Hall–Kier alpha value is -0.790. The lowest BCUT2D eigenvalue weighted by atomic mass is 10.1. The van der Waals surface area contributed by atoms with Gasteiger partial charge >= 0.3 is 5.97 Å². The summed E-state index contributed by atoms with van der Waals surface area (Å²) in [6.45, 7) is 2.24. The molecule has 1 rings (SSSR count). The smallest absolute Gasteiger partial charge is 0.306 e. The number of unbranched alkanes of at least 4 members (excludes halogenated alkanes) is 4. The largest absolute Gasteiger partial charge is 0.462 e. The molecule has 1 aliphatic rings. The molecule has 1 atom stereocenters. The number of allylic oxidation sites excluding steroid dienone is 2. The molecule has 1 saturated heterocycles. The van der Waals surface area contributed by atoms with Crippen molar-refractivity contribution >= 4 is 5.97 Å². The van der Waals surface area contributed by atoms with Crippen LogP contribution in [0.1, 0.15) is 77.6 Å². The highest BCUT2D eigenvalue weighted by molar-refractivity contribution is 5.69. The summed E-state index contributed by atoms with van der Waals surface area (Å²) in [5, 5.41) is 0. The lowest BCUT2D eigenvalue weighted by Crippen LogP contribution is -2.14. The van der Waals surface area contributed by atoms with E-state index in [0.29, 0.717) is 6.42 Å². The summed E-state index contributed by atoms with van der Waals surface area (Å²) in [6.07, 6.45) is 17.1. The summed E-state index contributed by atoms with van der Waals surface area (Å²) in [6, 6.07) is 0. The average molecular weight is 252 g/mol. The van der Waals surface area contributed by atoms with E-state index in [2.05, 4.69) is 19.1 Å². The van der Waals surface area contributed by atoms with Gasteiger partial charge < -0.3 is 4.74 Å². The topological polar surface area (TPSA) is 26.3 Å². The van der Waals surface area contributed by atoms with Gasteiger partial charge in [0.15, 0.2) is 0 Å². The second-order valence-electron chi connectivity index (χ2n) is 5.26. The molecule has 0 amide bonds. The highest BCUT2D eigenvalue weighted by Gasteiger charge is 2.17. The van der Waals surface area contributed by atoms with Gasteiger partial charge in [0, 0.05) is 6.42 Å².